The van der Waals surface area contributed by atoms with Crippen molar-refractivity contribution < 1.29 is 21.6 Å². The van der Waals surface area contributed by atoms with Crippen LogP contribution in [0.25, 0.3) is 16.8 Å². The van der Waals surface area contributed by atoms with Crippen LogP contribution in [0.3, 0.4) is 0 Å². The fourth-order valence-corrected chi connectivity index (χ4v) is 5.70. The Morgan fingerprint density at radius 3 is 2.76 bits per heavy atom. The Bertz CT molecular complexity index is 1140. The topological polar surface area (TPSA) is 83.4 Å². The van der Waals surface area contributed by atoms with Crippen molar-refractivity contribution in [1.29, 1.82) is 0 Å². The predicted octanol–water partition coefficient (Wildman–Crippen LogP) is 3.31. The number of H-pyrrole nitrogens is 1. The minimum absolute atomic E-state index is 0.0377. The smallest absolute Gasteiger partial charge is 0.345 e. The zero-order chi connectivity index (χ0) is 21.0. The number of sulfonamides is 1. The number of hydrogen-bond donors (Lipinski definition) is 1. The fraction of sp³-hybridized carbons (Fsp3) is 0.556. The molecule has 0 saturated heterocycles. The van der Waals surface area contributed by atoms with Crippen molar-refractivity contribution in [3.63, 3.8) is 0 Å². The molecule has 29 heavy (non-hydrogen) atoms. The van der Waals surface area contributed by atoms with Crippen LogP contribution in [-0.2, 0) is 10.0 Å². The Kier molecular flexibility index (Phi) is 4.85. The Hall–Kier alpha value is -2.14. The van der Waals surface area contributed by atoms with Crippen molar-refractivity contribution in [3.05, 3.63) is 30.4 Å². The van der Waals surface area contributed by atoms with Crippen molar-refractivity contribution in [2.45, 2.75) is 44.3 Å². The van der Waals surface area contributed by atoms with E-state index in [-0.39, 0.29) is 17.9 Å². The van der Waals surface area contributed by atoms with Crippen LogP contribution in [0.1, 0.15) is 37.8 Å². The summed E-state index contributed by atoms with van der Waals surface area (Å²) < 4.78 is 65.4. The first-order valence-corrected chi connectivity index (χ1v) is 11.0. The third-order valence-corrected chi connectivity index (χ3v) is 7.80. The van der Waals surface area contributed by atoms with Crippen LogP contribution in [0.4, 0.5) is 13.2 Å². The van der Waals surface area contributed by atoms with Gasteiger partial charge in [0.1, 0.15) is 0 Å². The number of hydrogen-bond acceptors (Lipinski definition) is 4. The van der Waals surface area contributed by atoms with Gasteiger partial charge >= 0.3 is 6.18 Å². The molecule has 4 rings (SSSR count). The molecule has 0 amide bonds. The van der Waals surface area contributed by atoms with Gasteiger partial charge in [0.2, 0.25) is 10.0 Å². The van der Waals surface area contributed by atoms with Gasteiger partial charge in [0.25, 0.3) is 0 Å². The van der Waals surface area contributed by atoms with Gasteiger partial charge in [-0.3, -0.25) is 4.40 Å². The molecule has 1 fully saturated rings. The Balaban J connectivity index is 1.59. The highest BCUT2D eigenvalue weighted by Gasteiger charge is 2.40. The van der Waals surface area contributed by atoms with Crippen molar-refractivity contribution in [3.8, 4) is 0 Å². The van der Waals surface area contributed by atoms with Crippen LogP contribution in [0.5, 0.6) is 0 Å². The number of imidazole rings is 1. The highest BCUT2D eigenvalue weighted by molar-refractivity contribution is 7.89. The highest BCUT2D eigenvalue weighted by atomic mass is 32.2. The molecule has 0 bridgehead atoms. The summed E-state index contributed by atoms with van der Waals surface area (Å²) in [6.45, 7) is 2.04. The molecule has 0 spiro atoms. The van der Waals surface area contributed by atoms with Crippen LogP contribution in [-0.4, -0.2) is 57.1 Å². The lowest BCUT2D eigenvalue weighted by Crippen LogP contribution is -2.38. The second-order valence-electron chi connectivity index (χ2n) is 7.75. The van der Waals surface area contributed by atoms with E-state index in [0.717, 1.165) is 21.2 Å². The maximum Gasteiger partial charge on any atom is 0.390 e. The Morgan fingerprint density at radius 1 is 1.28 bits per heavy atom. The summed E-state index contributed by atoms with van der Waals surface area (Å²) in [5, 5.41) is 0. The van der Waals surface area contributed by atoms with E-state index in [4.69, 9.17) is 0 Å². The van der Waals surface area contributed by atoms with Gasteiger partial charge < -0.3 is 4.98 Å². The number of nitrogens with zero attached hydrogens (tertiary/aromatic N) is 4. The van der Waals surface area contributed by atoms with Gasteiger partial charge in [0.05, 0.1) is 23.9 Å². The first-order chi connectivity index (χ1) is 13.6. The maximum absolute atomic E-state index is 12.5. The molecule has 0 aliphatic heterocycles. The first-order valence-electron chi connectivity index (χ1n) is 9.39. The summed E-state index contributed by atoms with van der Waals surface area (Å²) in [6.07, 6.45) is 0.538. The van der Waals surface area contributed by atoms with Gasteiger partial charge in [-0.2, -0.15) is 13.2 Å². The zero-order valence-corrected chi connectivity index (χ0v) is 16.8. The second-order valence-corrected chi connectivity index (χ2v) is 9.90. The molecule has 1 N–H and O–H groups in total. The lowest BCUT2D eigenvalue weighted by Gasteiger charge is -2.24. The van der Waals surface area contributed by atoms with E-state index >= 15 is 0 Å². The second kappa shape index (κ2) is 6.98. The number of alkyl halides is 3. The van der Waals surface area contributed by atoms with Gasteiger partial charge in [0, 0.05) is 37.1 Å². The number of halogens is 3. The molecule has 1 saturated carbocycles. The molecule has 7 nitrogen and oxygen atoms in total. The molecular weight excluding hydrogens is 407 g/mol. The number of aromatic amines is 1. The summed E-state index contributed by atoms with van der Waals surface area (Å²) in [5.41, 5.74) is 3.28. The van der Waals surface area contributed by atoms with Crippen molar-refractivity contribution in [2.75, 3.05) is 12.8 Å². The quantitative estimate of drug-likeness (QED) is 0.675. The zero-order valence-electron chi connectivity index (χ0n) is 16.0. The van der Waals surface area contributed by atoms with Crippen LogP contribution in [0.15, 0.2) is 24.7 Å². The number of nitrogens with one attached hydrogen (secondary N) is 1. The molecule has 0 unspecified atom stereocenters. The third-order valence-electron chi connectivity index (χ3n) is 5.90. The molecule has 0 radical (unpaired) electrons. The Morgan fingerprint density at radius 2 is 2.03 bits per heavy atom. The molecular formula is C18H22F3N5O2S. The maximum atomic E-state index is 12.5. The van der Waals surface area contributed by atoms with Gasteiger partial charge in [-0.25, -0.2) is 22.7 Å². The lowest BCUT2D eigenvalue weighted by atomic mass is 9.95. The molecule has 3 aromatic rings. The van der Waals surface area contributed by atoms with Gasteiger partial charge in [-0.05, 0) is 24.8 Å². The summed E-state index contributed by atoms with van der Waals surface area (Å²) in [6, 6.07) is 1.56. The van der Waals surface area contributed by atoms with E-state index in [1.807, 2.05) is 17.4 Å². The normalized spacial score (nSPS) is 23.6. The van der Waals surface area contributed by atoms with E-state index in [2.05, 4.69) is 15.0 Å². The molecule has 3 heterocycles. The summed E-state index contributed by atoms with van der Waals surface area (Å²) >= 11 is 0. The lowest BCUT2D eigenvalue weighted by molar-refractivity contribution is -0.130. The molecule has 158 valence electrons. The monoisotopic (exact) mass is 429 g/mol. The molecule has 3 atom stereocenters. The Labute approximate surface area is 166 Å². The molecule has 0 aromatic carbocycles. The van der Waals surface area contributed by atoms with Crippen molar-refractivity contribution in [2.24, 2.45) is 5.92 Å². The van der Waals surface area contributed by atoms with Crippen LogP contribution >= 0.6 is 0 Å². The standard InChI is InChI=1S/C18H22F3N5O2S/c1-11-7-12(25(2)29(27,28)6-4-18(19,20)21)8-13(11)15-9-23-16-10-24-17-14(26(15)16)3-5-22-17/h3,5,9-13,22H,4,6-8H2,1-2H3/t11-,12+,13+/m1/s1. The molecule has 1 aliphatic carbocycles. The minimum atomic E-state index is -4.49. The predicted molar refractivity (Wildman–Crippen MR) is 102 cm³/mol. The van der Waals surface area contributed by atoms with Crippen molar-refractivity contribution >= 4 is 26.8 Å². The summed E-state index contributed by atoms with van der Waals surface area (Å²) in [7, 11) is -2.60. The molecule has 3 aromatic heterocycles. The number of rotatable bonds is 5. The van der Waals surface area contributed by atoms with E-state index in [0.29, 0.717) is 18.5 Å². The van der Waals surface area contributed by atoms with Gasteiger partial charge in [-0.15, -0.1) is 0 Å². The SMILES string of the molecule is C[C@@H]1C[C@H](N(C)S(=O)(=O)CCC(F)(F)F)C[C@@H]1c1cnc2cnc3[nH]ccc3n12. The first kappa shape index (κ1) is 20.1. The number of aromatic nitrogens is 4. The van der Waals surface area contributed by atoms with E-state index < -0.39 is 28.4 Å². The van der Waals surface area contributed by atoms with E-state index in [9.17, 15) is 21.6 Å². The van der Waals surface area contributed by atoms with E-state index in [1.54, 1.807) is 18.6 Å². The molecule has 11 heteroatoms. The third kappa shape index (κ3) is 3.73. The van der Waals surface area contributed by atoms with Gasteiger partial charge in [-0.1, -0.05) is 6.92 Å². The van der Waals surface area contributed by atoms with Crippen LogP contribution < -0.4 is 0 Å². The minimum Gasteiger partial charge on any atom is -0.345 e. The largest absolute Gasteiger partial charge is 0.390 e. The summed E-state index contributed by atoms with van der Waals surface area (Å²) in [4.78, 5) is 11.8. The number of fused-ring (bicyclic) bond motifs is 3. The average Bonchev–Trinajstić information content (AvgIpc) is 3.35. The van der Waals surface area contributed by atoms with Crippen LogP contribution in [0, 0.1) is 5.92 Å². The van der Waals surface area contributed by atoms with E-state index in [1.165, 1.54) is 7.05 Å². The molecule has 1 aliphatic rings. The fourth-order valence-electron chi connectivity index (χ4n) is 4.29. The van der Waals surface area contributed by atoms with Gasteiger partial charge in [0.15, 0.2) is 11.3 Å². The van der Waals surface area contributed by atoms with Crippen LogP contribution in [0.2, 0.25) is 0 Å². The highest BCUT2D eigenvalue weighted by Crippen LogP contribution is 2.42. The van der Waals surface area contributed by atoms with Crippen molar-refractivity contribution in [1.82, 2.24) is 23.7 Å². The summed E-state index contributed by atoms with van der Waals surface area (Å²) in [5.74, 6) is -0.730. The average molecular weight is 429 g/mol.